The van der Waals surface area contributed by atoms with Gasteiger partial charge in [0.15, 0.2) is 0 Å². The summed E-state index contributed by atoms with van der Waals surface area (Å²) in [6.45, 7) is 6.44. The number of carbonyl (C=O) groups is 1. The van der Waals surface area contributed by atoms with Gasteiger partial charge in [-0.3, -0.25) is 10.1 Å². The van der Waals surface area contributed by atoms with Gasteiger partial charge in [-0.2, -0.15) is 0 Å². The minimum atomic E-state index is 0.0179. The Bertz CT molecular complexity index is 259. The first kappa shape index (κ1) is 11.9. The van der Waals surface area contributed by atoms with Crippen LogP contribution in [0.4, 0.5) is 0 Å². The lowest BCUT2D eigenvalue weighted by Gasteiger charge is -2.31. The van der Waals surface area contributed by atoms with Crippen molar-refractivity contribution in [3.63, 3.8) is 0 Å². The van der Waals surface area contributed by atoms with Crippen molar-refractivity contribution in [1.82, 2.24) is 10.2 Å². The number of nitrogens with one attached hydrogen (secondary N) is 1. The highest BCUT2D eigenvalue weighted by molar-refractivity contribution is 5.84. The fourth-order valence-corrected chi connectivity index (χ4v) is 3.06. The molecule has 0 bridgehead atoms. The van der Waals surface area contributed by atoms with Crippen molar-refractivity contribution in [1.29, 1.82) is 0 Å². The Morgan fingerprint density at radius 1 is 1.38 bits per heavy atom. The quantitative estimate of drug-likeness (QED) is 0.796. The minimum Gasteiger partial charge on any atom is -0.323 e. The van der Waals surface area contributed by atoms with Crippen molar-refractivity contribution in [3.05, 3.63) is 0 Å². The molecule has 3 heteroatoms. The molecule has 0 aromatic rings. The van der Waals surface area contributed by atoms with E-state index < -0.39 is 0 Å². The first-order chi connectivity index (χ1) is 7.59. The van der Waals surface area contributed by atoms with E-state index in [-0.39, 0.29) is 12.2 Å². The van der Waals surface area contributed by atoms with Gasteiger partial charge in [-0.25, -0.2) is 0 Å². The first-order valence-corrected chi connectivity index (χ1v) is 6.68. The van der Waals surface area contributed by atoms with E-state index >= 15 is 0 Å². The molecule has 1 amide bonds. The predicted octanol–water partition coefficient (Wildman–Crippen LogP) is 2.12. The molecule has 0 radical (unpaired) electrons. The summed E-state index contributed by atoms with van der Waals surface area (Å²) in [6, 6.07) is 0.526. The molecule has 2 rings (SSSR count). The monoisotopic (exact) mass is 224 g/mol. The Morgan fingerprint density at radius 2 is 2.00 bits per heavy atom. The average molecular weight is 224 g/mol. The van der Waals surface area contributed by atoms with Gasteiger partial charge in [-0.15, -0.1) is 0 Å². The Balaban J connectivity index is 2.07. The zero-order valence-corrected chi connectivity index (χ0v) is 10.7. The van der Waals surface area contributed by atoms with E-state index in [4.69, 9.17) is 0 Å². The Kier molecular flexibility index (Phi) is 3.53. The van der Waals surface area contributed by atoms with Gasteiger partial charge < -0.3 is 4.90 Å². The molecule has 0 spiro atoms. The zero-order valence-electron chi connectivity index (χ0n) is 10.7. The van der Waals surface area contributed by atoms with Crippen LogP contribution < -0.4 is 5.32 Å². The van der Waals surface area contributed by atoms with Gasteiger partial charge in [-0.05, 0) is 32.1 Å². The number of hydrogen-bond donors (Lipinski definition) is 1. The van der Waals surface area contributed by atoms with E-state index in [2.05, 4.69) is 24.1 Å². The van der Waals surface area contributed by atoms with E-state index in [1.807, 2.05) is 6.92 Å². The molecule has 2 unspecified atom stereocenters. The van der Waals surface area contributed by atoms with Gasteiger partial charge in [-0.1, -0.05) is 26.7 Å². The standard InChI is InChI=1S/C13H24N2O/c1-9(2)8-12-14-10(3)13(16)15(12)11-6-4-5-7-11/h9-12,14H,4-8H2,1-3H3. The number of hydrogen-bond acceptors (Lipinski definition) is 2. The van der Waals surface area contributed by atoms with Crippen molar-refractivity contribution in [3.8, 4) is 0 Å². The number of rotatable bonds is 3. The van der Waals surface area contributed by atoms with Crippen LogP contribution in [0.15, 0.2) is 0 Å². The summed E-state index contributed by atoms with van der Waals surface area (Å²) in [5.74, 6) is 0.956. The molecule has 1 N–H and O–H groups in total. The summed E-state index contributed by atoms with van der Waals surface area (Å²) in [7, 11) is 0. The maximum absolute atomic E-state index is 12.1. The predicted molar refractivity (Wildman–Crippen MR) is 64.9 cm³/mol. The number of carbonyl (C=O) groups excluding carboxylic acids is 1. The van der Waals surface area contributed by atoms with Crippen LogP contribution in [0, 0.1) is 5.92 Å². The van der Waals surface area contributed by atoms with Gasteiger partial charge in [0.2, 0.25) is 5.91 Å². The normalized spacial score (nSPS) is 32.0. The Hall–Kier alpha value is -0.570. The maximum Gasteiger partial charge on any atom is 0.240 e. The molecule has 1 saturated carbocycles. The highest BCUT2D eigenvalue weighted by atomic mass is 16.2. The number of amides is 1. The molecule has 16 heavy (non-hydrogen) atoms. The summed E-state index contributed by atoms with van der Waals surface area (Å²) >= 11 is 0. The number of nitrogens with zero attached hydrogens (tertiary/aromatic N) is 1. The van der Waals surface area contributed by atoms with E-state index in [0.717, 1.165) is 6.42 Å². The largest absolute Gasteiger partial charge is 0.323 e. The fourth-order valence-electron chi connectivity index (χ4n) is 3.06. The zero-order chi connectivity index (χ0) is 11.7. The summed E-state index contributed by atoms with van der Waals surface area (Å²) in [6.07, 6.45) is 6.34. The van der Waals surface area contributed by atoms with Crippen molar-refractivity contribution in [2.75, 3.05) is 0 Å². The van der Waals surface area contributed by atoms with Gasteiger partial charge in [0.25, 0.3) is 0 Å². The van der Waals surface area contributed by atoms with Crippen LogP contribution in [0.5, 0.6) is 0 Å². The van der Waals surface area contributed by atoms with E-state index in [1.54, 1.807) is 0 Å². The van der Waals surface area contributed by atoms with Crippen molar-refractivity contribution < 1.29 is 4.79 Å². The summed E-state index contributed by atoms with van der Waals surface area (Å²) in [5, 5.41) is 3.44. The third-order valence-electron chi connectivity index (χ3n) is 3.82. The lowest BCUT2D eigenvalue weighted by Crippen LogP contribution is -2.44. The molecule has 2 fully saturated rings. The molecular formula is C13H24N2O. The summed E-state index contributed by atoms with van der Waals surface area (Å²) < 4.78 is 0. The molecule has 92 valence electrons. The molecular weight excluding hydrogens is 200 g/mol. The molecule has 0 aromatic carbocycles. The van der Waals surface area contributed by atoms with E-state index in [0.29, 0.717) is 17.9 Å². The summed E-state index contributed by atoms with van der Waals surface area (Å²) in [5.41, 5.74) is 0. The highest BCUT2D eigenvalue weighted by Gasteiger charge is 2.40. The summed E-state index contributed by atoms with van der Waals surface area (Å²) in [4.78, 5) is 14.3. The first-order valence-electron chi connectivity index (χ1n) is 6.68. The SMILES string of the molecule is CC(C)CC1NC(C)C(=O)N1C1CCCC1. The second kappa shape index (κ2) is 4.74. The van der Waals surface area contributed by atoms with Crippen LogP contribution in [0.25, 0.3) is 0 Å². The van der Waals surface area contributed by atoms with Crippen LogP contribution >= 0.6 is 0 Å². The second-order valence-electron chi connectivity index (χ2n) is 5.72. The van der Waals surface area contributed by atoms with Crippen LogP contribution in [-0.4, -0.2) is 29.1 Å². The van der Waals surface area contributed by atoms with Crippen molar-refractivity contribution in [2.45, 2.75) is 71.1 Å². The van der Waals surface area contributed by atoms with E-state index in [9.17, 15) is 4.79 Å². The topological polar surface area (TPSA) is 32.3 Å². The smallest absolute Gasteiger partial charge is 0.240 e. The Morgan fingerprint density at radius 3 is 2.56 bits per heavy atom. The molecule has 1 aliphatic carbocycles. The van der Waals surface area contributed by atoms with Crippen LogP contribution in [0.2, 0.25) is 0 Å². The lowest BCUT2D eigenvalue weighted by molar-refractivity contribution is -0.132. The average Bonchev–Trinajstić information content (AvgIpc) is 2.76. The van der Waals surface area contributed by atoms with E-state index in [1.165, 1.54) is 25.7 Å². The molecule has 2 aliphatic rings. The molecule has 2 atom stereocenters. The van der Waals surface area contributed by atoms with Gasteiger partial charge >= 0.3 is 0 Å². The molecule has 1 saturated heterocycles. The van der Waals surface area contributed by atoms with Gasteiger partial charge in [0, 0.05) is 6.04 Å². The minimum absolute atomic E-state index is 0.0179. The molecule has 3 nitrogen and oxygen atoms in total. The molecule has 1 heterocycles. The third kappa shape index (κ3) is 2.24. The van der Waals surface area contributed by atoms with Crippen molar-refractivity contribution >= 4 is 5.91 Å². The van der Waals surface area contributed by atoms with Gasteiger partial charge in [0.1, 0.15) is 0 Å². The lowest BCUT2D eigenvalue weighted by atomic mass is 10.1. The second-order valence-corrected chi connectivity index (χ2v) is 5.72. The van der Waals surface area contributed by atoms with Gasteiger partial charge in [0.05, 0.1) is 12.2 Å². The third-order valence-corrected chi connectivity index (χ3v) is 3.82. The molecule has 0 aromatic heterocycles. The maximum atomic E-state index is 12.1. The van der Waals surface area contributed by atoms with Crippen molar-refractivity contribution in [2.24, 2.45) is 5.92 Å². The van der Waals surface area contributed by atoms with Crippen LogP contribution in [0.3, 0.4) is 0 Å². The van der Waals surface area contributed by atoms with Crippen LogP contribution in [0.1, 0.15) is 52.9 Å². The Labute approximate surface area is 98.6 Å². The highest BCUT2D eigenvalue weighted by Crippen LogP contribution is 2.29. The van der Waals surface area contributed by atoms with Crippen LogP contribution in [-0.2, 0) is 4.79 Å². The molecule has 1 aliphatic heterocycles. The fraction of sp³-hybridized carbons (Fsp3) is 0.923.